The predicted octanol–water partition coefficient (Wildman–Crippen LogP) is 11.5. The number of nitrogens with zero attached hydrogens (tertiary/aromatic N) is 2. The summed E-state index contributed by atoms with van der Waals surface area (Å²) in [7, 11) is -3.86. The monoisotopic (exact) mass is 734 g/mol. The quantitative estimate of drug-likeness (QED) is 0.263. The molecule has 0 bridgehead atoms. The van der Waals surface area contributed by atoms with Crippen LogP contribution in [0.4, 0.5) is 0 Å². The molecule has 4 heterocycles. The summed E-state index contributed by atoms with van der Waals surface area (Å²) in [5.74, 6) is 5.16. The lowest BCUT2D eigenvalue weighted by atomic mass is 9.81. The summed E-state index contributed by atoms with van der Waals surface area (Å²) in [5.41, 5.74) is 0.422. The predicted molar refractivity (Wildman–Crippen MR) is 213 cm³/mol. The van der Waals surface area contributed by atoms with Crippen molar-refractivity contribution in [2.24, 2.45) is 5.41 Å². The zero-order valence-electron chi connectivity index (χ0n) is 32.5. The highest BCUT2D eigenvalue weighted by Gasteiger charge is 2.61. The number of hydrogen-bond acceptors (Lipinski definition) is 8. The first-order chi connectivity index (χ1) is 19.8. The lowest BCUT2D eigenvalue weighted by Gasteiger charge is -2.63. The van der Waals surface area contributed by atoms with E-state index in [0.29, 0.717) is 5.41 Å². The van der Waals surface area contributed by atoms with Crippen LogP contribution in [0.3, 0.4) is 0 Å². The van der Waals surface area contributed by atoms with Gasteiger partial charge < -0.3 is 9.05 Å². The van der Waals surface area contributed by atoms with Crippen molar-refractivity contribution < 1.29 is 9.05 Å². The van der Waals surface area contributed by atoms with Crippen LogP contribution in [0.2, 0.25) is 36.3 Å². The van der Waals surface area contributed by atoms with Crippen molar-refractivity contribution in [2.45, 2.75) is 189 Å². The Morgan fingerprint density at radius 2 is 0.689 bits per heavy atom. The van der Waals surface area contributed by atoms with Crippen molar-refractivity contribution >= 4 is 63.7 Å². The second-order valence-corrected chi connectivity index (χ2v) is 36.1. The summed E-state index contributed by atoms with van der Waals surface area (Å²) in [4.78, 5) is 0. The molecule has 4 aliphatic rings. The molecule has 0 saturated carbocycles. The van der Waals surface area contributed by atoms with Crippen LogP contribution in [0, 0.1) is 5.41 Å². The van der Waals surface area contributed by atoms with Crippen molar-refractivity contribution in [2.75, 3.05) is 23.0 Å². The maximum absolute atomic E-state index is 7.10. The molecule has 4 nitrogen and oxygen atoms in total. The first kappa shape index (κ1) is 39.5. The minimum absolute atomic E-state index is 0.000479. The Bertz CT molecular complexity index is 964. The van der Waals surface area contributed by atoms with E-state index in [9.17, 15) is 0 Å². The van der Waals surface area contributed by atoms with Crippen molar-refractivity contribution in [3.8, 4) is 0 Å². The molecule has 0 unspecified atom stereocenters. The van der Waals surface area contributed by atoms with Crippen molar-refractivity contribution in [3.63, 3.8) is 0 Å². The van der Waals surface area contributed by atoms with Gasteiger partial charge >= 0.3 is 0 Å². The van der Waals surface area contributed by atoms with E-state index in [1.165, 1.54) is 48.7 Å². The third-order valence-electron chi connectivity index (χ3n) is 11.8. The molecule has 264 valence electrons. The van der Waals surface area contributed by atoms with Crippen LogP contribution in [-0.2, 0) is 9.05 Å². The van der Waals surface area contributed by atoms with E-state index in [1.807, 2.05) is 0 Å². The second-order valence-electron chi connectivity index (χ2n) is 20.7. The third-order valence-corrected chi connectivity index (χ3v) is 28.0. The SMILES string of the molecule is CC1(C)CC2(CC(C)(C)N1O[Si](C)(C)C(C)(C)C)SCC1(CS2)CSC2(CC(C)(C)N(O[Si](C)(C)C(C)(C)C)C(C)(C)C2)SC1. The summed E-state index contributed by atoms with van der Waals surface area (Å²) in [6, 6.07) is 0. The molecular formula is C35H70N2O2S4Si2. The fourth-order valence-corrected chi connectivity index (χ4v) is 19.5. The molecule has 0 N–H and O–H groups in total. The number of thioether (sulfide) groups is 4. The Morgan fingerprint density at radius 3 is 0.889 bits per heavy atom. The van der Waals surface area contributed by atoms with E-state index in [2.05, 4.69) is 180 Å². The molecular weight excluding hydrogens is 665 g/mol. The lowest BCUT2D eigenvalue weighted by molar-refractivity contribution is -0.227. The lowest BCUT2D eigenvalue weighted by Crippen LogP contribution is -2.68. The minimum Gasteiger partial charge on any atom is -0.341 e. The molecule has 4 aliphatic heterocycles. The van der Waals surface area contributed by atoms with Gasteiger partial charge in [0.05, 0.1) is 8.16 Å². The minimum atomic E-state index is -1.93. The van der Waals surface area contributed by atoms with Crippen LogP contribution < -0.4 is 0 Å². The zero-order chi connectivity index (χ0) is 34.6. The molecule has 4 saturated heterocycles. The van der Waals surface area contributed by atoms with Gasteiger partial charge in [0.15, 0.2) is 0 Å². The smallest absolute Gasteiger partial charge is 0.220 e. The van der Waals surface area contributed by atoms with E-state index >= 15 is 0 Å². The number of hydrogen-bond donors (Lipinski definition) is 0. The standard InChI is InChI=1S/C35H70N2O2S4Si2/c1-27(2,3)44(15,16)38-36-29(7,8)19-34(20-30(36,9)10)40-23-33(24-41-34)25-42-35(43-26-33)21-31(11,12)37(32(13,14)22-35)39-45(17,18)28(4,5)6/h19-26H2,1-18H3. The Kier molecular flexibility index (Phi) is 10.4. The molecule has 0 radical (unpaired) electrons. The summed E-state index contributed by atoms with van der Waals surface area (Å²) in [5, 5.41) is 5.30. The maximum Gasteiger partial charge on any atom is 0.220 e. The first-order valence-electron chi connectivity index (χ1n) is 17.4. The molecule has 45 heavy (non-hydrogen) atoms. The normalized spacial score (nSPS) is 29.7. The van der Waals surface area contributed by atoms with E-state index in [-0.39, 0.29) is 40.4 Å². The molecule has 0 aliphatic carbocycles. The third kappa shape index (κ3) is 7.80. The highest BCUT2D eigenvalue weighted by atomic mass is 32.2. The van der Waals surface area contributed by atoms with Crippen molar-refractivity contribution in [1.29, 1.82) is 0 Å². The van der Waals surface area contributed by atoms with Gasteiger partial charge in [-0.2, -0.15) is 10.1 Å². The van der Waals surface area contributed by atoms with E-state index < -0.39 is 16.6 Å². The molecule has 10 heteroatoms. The summed E-state index contributed by atoms with van der Waals surface area (Å²) < 4.78 is 14.7. The summed E-state index contributed by atoms with van der Waals surface area (Å²) in [6.45, 7) is 43.3. The van der Waals surface area contributed by atoms with E-state index in [0.717, 1.165) is 0 Å². The summed E-state index contributed by atoms with van der Waals surface area (Å²) in [6.07, 6.45) is 4.72. The van der Waals surface area contributed by atoms with Gasteiger partial charge in [-0.15, -0.1) is 47.0 Å². The van der Waals surface area contributed by atoms with Gasteiger partial charge in [0, 0.05) is 50.6 Å². The number of rotatable bonds is 4. The van der Waals surface area contributed by atoms with Crippen molar-refractivity contribution in [3.05, 3.63) is 0 Å². The average Bonchev–Trinajstić information content (AvgIpc) is 2.81. The molecule has 3 spiro atoms. The fraction of sp³-hybridized carbons (Fsp3) is 1.00. The fourth-order valence-electron chi connectivity index (χ4n) is 7.79. The van der Waals surface area contributed by atoms with Crippen LogP contribution in [0.1, 0.15) is 123 Å². The zero-order valence-corrected chi connectivity index (χ0v) is 37.8. The van der Waals surface area contributed by atoms with Gasteiger partial charge in [-0.1, -0.05) is 41.5 Å². The van der Waals surface area contributed by atoms with Crippen LogP contribution in [-0.4, -0.2) is 80.1 Å². The van der Waals surface area contributed by atoms with Gasteiger partial charge in [0.25, 0.3) is 0 Å². The van der Waals surface area contributed by atoms with Crippen LogP contribution in [0.25, 0.3) is 0 Å². The molecule has 0 amide bonds. The van der Waals surface area contributed by atoms with Gasteiger partial charge in [0.1, 0.15) is 0 Å². The summed E-state index contributed by atoms with van der Waals surface area (Å²) >= 11 is 9.23. The molecule has 0 aromatic rings. The van der Waals surface area contributed by atoms with Crippen LogP contribution in [0.5, 0.6) is 0 Å². The highest BCUT2D eigenvalue weighted by molar-refractivity contribution is 8.20. The Morgan fingerprint density at radius 1 is 0.467 bits per heavy atom. The first-order valence-corrected chi connectivity index (χ1v) is 27.1. The number of hydroxylamine groups is 4. The Balaban J connectivity index is 1.43. The average molecular weight is 735 g/mol. The van der Waals surface area contributed by atoms with Gasteiger partial charge in [-0.3, -0.25) is 0 Å². The number of piperidine rings is 2. The maximum atomic E-state index is 7.10. The van der Waals surface area contributed by atoms with E-state index in [4.69, 9.17) is 9.05 Å². The Hall–Kier alpha value is 1.67. The topological polar surface area (TPSA) is 24.9 Å². The molecule has 4 rings (SSSR count). The van der Waals surface area contributed by atoms with Crippen LogP contribution >= 0.6 is 47.0 Å². The molecule has 4 fully saturated rings. The van der Waals surface area contributed by atoms with Crippen molar-refractivity contribution in [1.82, 2.24) is 10.1 Å². The molecule has 0 atom stereocenters. The second kappa shape index (κ2) is 11.9. The molecule has 0 aromatic carbocycles. The largest absolute Gasteiger partial charge is 0.341 e. The highest BCUT2D eigenvalue weighted by Crippen LogP contribution is 2.66. The van der Waals surface area contributed by atoms with E-state index in [1.54, 1.807) is 0 Å². The molecule has 0 aromatic heterocycles. The van der Waals surface area contributed by atoms with Gasteiger partial charge in [0.2, 0.25) is 16.6 Å². The van der Waals surface area contributed by atoms with Gasteiger partial charge in [-0.05, 0) is 117 Å². The van der Waals surface area contributed by atoms with Gasteiger partial charge in [-0.25, -0.2) is 0 Å². The van der Waals surface area contributed by atoms with Crippen LogP contribution in [0.15, 0.2) is 0 Å². The Labute approximate surface area is 298 Å².